The van der Waals surface area contributed by atoms with E-state index in [2.05, 4.69) is 14.9 Å². The predicted molar refractivity (Wildman–Crippen MR) is 74.0 cm³/mol. The minimum Gasteiger partial charge on any atom is -0.467 e. The van der Waals surface area contributed by atoms with Gasteiger partial charge in [0.25, 0.3) is 0 Å². The molecule has 1 aromatic heterocycles. The molecule has 1 fully saturated rings. The second kappa shape index (κ2) is 7.38. The Bertz CT molecular complexity index is 389. The lowest BCUT2D eigenvalue weighted by molar-refractivity contribution is 0.157. The molecule has 0 saturated carbocycles. The Morgan fingerprint density at radius 2 is 2.21 bits per heavy atom. The molecular weight excluding hydrogens is 245 g/mol. The summed E-state index contributed by atoms with van der Waals surface area (Å²) in [4.78, 5) is 10.3. The predicted octanol–water partition coefficient (Wildman–Crippen LogP) is 2.84. The van der Waals surface area contributed by atoms with Crippen LogP contribution in [0.3, 0.4) is 0 Å². The molecule has 2 heterocycles. The zero-order chi connectivity index (χ0) is 14.3. The molecule has 19 heavy (non-hydrogen) atoms. The van der Waals surface area contributed by atoms with Crippen LogP contribution >= 0.6 is 0 Å². The molecule has 108 valence electrons. The maximum atomic E-state index is 14.0. The molecule has 0 radical (unpaired) electrons. The summed E-state index contributed by atoms with van der Waals surface area (Å²) in [5.74, 6) is 0. The van der Waals surface area contributed by atoms with Gasteiger partial charge in [0.05, 0.1) is 12.8 Å². The Balaban J connectivity index is 0.000000861. The Labute approximate surface area is 115 Å². The molecule has 0 aliphatic carbocycles. The van der Waals surface area contributed by atoms with Crippen LogP contribution in [0.15, 0.2) is 12.3 Å². The number of methoxy groups -OCH3 is 1. The van der Waals surface area contributed by atoms with Crippen molar-refractivity contribution < 1.29 is 9.13 Å². The van der Waals surface area contributed by atoms with Crippen LogP contribution < -0.4 is 4.74 Å². The van der Waals surface area contributed by atoms with Crippen LogP contribution in [0.2, 0.25) is 0 Å². The molecule has 1 unspecified atom stereocenters. The summed E-state index contributed by atoms with van der Waals surface area (Å²) < 4.78 is 19.0. The van der Waals surface area contributed by atoms with Crippen molar-refractivity contribution in [1.29, 1.82) is 0 Å². The molecule has 5 heteroatoms. The van der Waals surface area contributed by atoms with Gasteiger partial charge in [0.15, 0.2) is 0 Å². The number of likely N-dealkylation sites (tertiary alicyclic amines) is 1. The first kappa shape index (κ1) is 15.8. The van der Waals surface area contributed by atoms with Crippen LogP contribution in [-0.2, 0) is 6.54 Å². The van der Waals surface area contributed by atoms with Crippen molar-refractivity contribution in [3.05, 3.63) is 18.0 Å². The van der Waals surface area contributed by atoms with E-state index in [1.54, 1.807) is 13.3 Å². The summed E-state index contributed by atoms with van der Waals surface area (Å²) in [6.45, 7) is 7.84. The van der Waals surface area contributed by atoms with E-state index in [4.69, 9.17) is 4.74 Å². The van der Waals surface area contributed by atoms with Gasteiger partial charge in [-0.3, -0.25) is 4.90 Å². The second-order valence-corrected chi connectivity index (χ2v) is 4.50. The molecule has 1 aliphatic rings. The second-order valence-electron chi connectivity index (χ2n) is 4.50. The Morgan fingerprint density at radius 3 is 2.79 bits per heavy atom. The molecule has 1 aliphatic heterocycles. The summed E-state index contributed by atoms with van der Waals surface area (Å²) >= 11 is 0. The zero-order valence-electron chi connectivity index (χ0n) is 12.3. The molecule has 1 aromatic rings. The van der Waals surface area contributed by atoms with Gasteiger partial charge in [0.2, 0.25) is 0 Å². The van der Waals surface area contributed by atoms with Crippen LogP contribution in [-0.4, -0.2) is 40.7 Å². The summed E-state index contributed by atoms with van der Waals surface area (Å²) in [6, 6.07) is 2.20. The number of aromatic nitrogens is 2. The number of halogens is 1. The molecule has 2 rings (SSSR count). The van der Waals surface area contributed by atoms with Crippen molar-refractivity contribution in [2.75, 3.05) is 20.2 Å². The first-order valence-corrected chi connectivity index (χ1v) is 6.92. The first-order valence-electron chi connectivity index (χ1n) is 6.92. The van der Waals surface area contributed by atoms with Crippen LogP contribution in [0.25, 0.3) is 0 Å². The molecule has 0 N–H and O–H groups in total. The highest BCUT2D eigenvalue weighted by molar-refractivity contribution is 5.06. The minimum atomic E-state index is -1.02. The monoisotopic (exact) mass is 269 g/mol. The van der Waals surface area contributed by atoms with Gasteiger partial charge in [-0.05, 0) is 18.9 Å². The van der Waals surface area contributed by atoms with Crippen molar-refractivity contribution in [3.8, 4) is 6.01 Å². The van der Waals surface area contributed by atoms with Gasteiger partial charge in [0.1, 0.15) is 5.67 Å². The van der Waals surface area contributed by atoms with Gasteiger partial charge in [-0.15, -0.1) is 0 Å². The lowest BCUT2D eigenvalue weighted by Gasteiger charge is -2.18. The molecule has 0 bridgehead atoms. The Kier molecular flexibility index (Phi) is 6.15. The van der Waals surface area contributed by atoms with E-state index in [0.717, 1.165) is 12.2 Å². The standard InChI is InChI=1S/C12H18FN3O.C2H6/c1-3-12(13)5-7-16(9-12)8-10-4-6-14-11(15-10)17-2;1-2/h4,6H,3,5,7-9H2,1-2H3;1-2H3. The van der Waals surface area contributed by atoms with Crippen molar-refractivity contribution in [2.24, 2.45) is 0 Å². The SMILES string of the molecule is CC.CCC1(F)CCN(Cc2ccnc(OC)n2)C1. The highest BCUT2D eigenvalue weighted by Gasteiger charge is 2.36. The van der Waals surface area contributed by atoms with Gasteiger partial charge >= 0.3 is 6.01 Å². The van der Waals surface area contributed by atoms with E-state index in [9.17, 15) is 4.39 Å². The summed E-state index contributed by atoms with van der Waals surface area (Å²) in [6.07, 6.45) is 2.86. The lowest BCUT2D eigenvalue weighted by Crippen LogP contribution is -2.28. The van der Waals surface area contributed by atoms with Crippen molar-refractivity contribution in [2.45, 2.75) is 45.8 Å². The summed E-state index contributed by atoms with van der Waals surface area (Å²) in [5, 5.41) is 0. The van der Waals surface area contributed by atoms with E-state index in [1.807, 2.05) is 26.8 Å². The van der Waals surface area contributed by atoms with Gasteiger partial charge in [-0.2, -0.15) is 4.98 Å². The average molecular weight is 269 g/mol. The van der Waals surface area contributed by atoms with E-state index in [1.165, 1.54) is 0 Å². The fourth-order valence-corrected chi connectivity index (χ4v) is 2.13. The molecule has 4 nitrogen and oxygen atoms in total. The summed E-state index contributed by atoms with van der Waals surface area (Å²) in [7, 11) is 1.54. The Hall–Kier alpha value is -1.23. The fourth-order valence-electron chi connectivity index (χ4n) is 2.13. The molecule has 1 atom stereocenters. The third kappa shape index (κ3) is 4.42. The molecular formula is C14H24FN3O. The number of ether oxygens (including phenoxy) is 1. The fraction of sp³-hybridized carbons (Fsp3) is 0.714. The highest BCUT2D eigenvalue weighted by atomic mass is 19.1. The van der Waals surface area contributed by atoms with Crippen molar-refractivity contribution in [3.63, 3.8) is 0 Å². The molecule has 0 spiro atoms. The normalized spacial score (nSPS) is 22.8. The maximum absolute atomic E-state index is 14.0. The zero-order valence-corrected chi connectivity index (χ0v) is 12.3. The van der Waals surface area contributed by atoms with Crippen LogP contribution in [0.5, 0.6) is 6.01 Å². The largest absolute Gasteiger partial charge is 0.467 e. The smallest absolute Gasteiger partial charge is 0.316 e. The van der Waals surface area contributed by atoms with Gasteiger partial charge in [-0.25, -0.2) is 9.37 Å². The van der Waals surface area contributed by atoms with Crippen LogP contribution in [0.1, 0.15) is 39.3 Å². The number of rotatable bonds is 4. The van der Waals surface area contributed by atoms with E-state index in [0.29, 0.717) is 31.9 Å². The summed E-state index contributed by atoms with van der Waals surface area (Å²) in [5.41, 5.74) is -0.144. The van der Waals surface area contributed by atoms with Crippen molar-refractivity contribution in [1.82, 2.24) is 14.9 Å². The first-order chi connectivity index (χ1) is 9.15. The third-order valence-corrected chi connectivity index (χ3v) is 3.28. The van der Waals surface area contributed by atoms with E-state index >= 15 is 0 Å². The highest BCUT2D eigenvalue weighted by Crippen LogP contribution is 2.29. The molecule has 1 saturated heterocycles. The molecule has 0 amide bonds. The minimum absolute atomic E-state index is 0.365. The molecule has 0 aromatic carbocycles. The van der Waals surface area contributed by atoms with Gasteiger partial charge in [-0.1, -0.05) is 20.8 Å². The van der Waals surface area contributed by atoms with Crippen LogP contribution in [0, 0.1) is 0 Å². The maximum Gasteiger partial charge on any atom is 0.316 e. The average Bonchev–Trinajstić information content (AvgIpc) is 2.83. The van der Waals surface area contributed by atoms with Crippen LogP contribution in [0.4, 0.5) is 4.39 Å². The van der Waals surface area contributed by atoms with E-state index < -0.39 is 5.67 Å². The van der Waals surface area contributed by atoms with Crippen molar-refractivity contribution >= 4 is 0 Å². The van der Waals surface area contributed by atoms with Gasteiger partial charge in [0, 0.05) is 25.8 Å². The Morgan fingerprint density at radius 1 is 1.47 bits per heavy atom. The number of hydrogen-bond donors (Lipinski definition) is 0. The van der Waals surface area contributed by atoms with Gasteiger partial charge < -0.3 is 4.74 Å². The number of hydrogen-bond acceptors (Lipinski definition) is 4. The lowest BCUT2D eigenvalue weighted by atomic mass is 10.0. The quantitative estimate of drug-likeness (QED) is 0.842. The van der Waals surface area contributed by atoms with E-state index in [-0.39, 0.29) is 0 Å². The third-order valence-electron chi connectivity index (χ3n) is 3.28. The topological polar surface area (TPSA) is 38.2 Å². The number of nitrogens with zero attached hydrogens (tertiary/aromatic N) is 3. The number of alkyl halides is 1.